The van der Waals surface area contributed by atoms with E-state index in [1.54, 1.807) is 9.82 Å². The van der Waals surface area contributed by atoms with Gasteiger partial charge in [-0.2, -0.15) is 0 Å². The van der Waals surface area contributed by atoms with Crippen molar-refractivity contribution in [2.24, 2.45) is 0 Å². The molecule has 0 aliphatic carbocycles. The maximum absolute atomic E-state index is 3.37. The van der Waals surface area contributed by atoms with Crippen LogP contribution in [0.2, 0.25) is 0 Å². The molecule has 0 fully saturated rings. The number of likely N-dealkylation sites (N-methyl/N-ethyl adjacent to an activating group) is 1. The summed E-state index contributed by atoms with van der Waals surface area (Å²) in [5.74, 6) is 0. The standard InChI is InChI=1S/C12H15NSe/c1-2-13-8-7-10-9-14-12-6-4-3-5-11(10)12/h3-6,9,13H,2,7-8H2,1H3. The number of fused-ring (bicyclic) bond motifs is 1. The Morgan fingerprint density at radius 3 is 3.00 bits per heavy atom. The van der Waals surface area contributed by atoms with Crippen molar-refractivity contribution in [3.8, 4) is 0 Å². The van der Waals surface area contributed by atoms with Crippen LogP contribution in [0.1, 0.15) is 12.5 Å². The SMILES string of the molecule is CCNCCc1c[se]c2ccccc12. The van der Waals surface area contributed by atoms with Crippen molar-refractivity contribution in [3.05, 3.63) is 34.8 Å². The van der Waals surface area contributed by atoms with E-state index >= 15 is 0 Å². The van der Waals surface area contributed by atoms with Gasteiger partial charge in [-0.3, -0.25) is 0 Å². The summed E-state index contributed by atoms with van der Waals surface area (Å²) in [7, 11) is 0. The Hall–Kier alpha value is -0.561. The minimum atomic E-state index is 0.581. The number of hydrogen-bond acceptors (Lipinski definition) is 1. The van der Waals surface area contributed by atoms with Crippen molar-refractivity contribution in [2.45, 2.75) is 13.3 Å². The van der Waals surface area contributed by atoms with E-state index in [2.05, 4.69) is 41.4 Å². The number of nitrogens with one attached hydrogen (secondary N) is 1. The average Bonchev–Trinajstić information content (AvgIpc) is 2.63. The molecule has 2 rings (SSSR count). The molecule has 0 amide bonds. The Kier molecular flexibility index (Phi) is 3.41. The molecule has 2 heteroatoms. The van der Waals surface area contributed by atoms with Crippen LogP contribution < -0.4 is 5.32 Å². The molecule has 0 unspecified atom stereocenters. The topological polar surface area (TPSA) is 12.0 Å². The van der Waals surface area contributed by atoms with Crippen molar-refractivity contribution in [1.82, 2.24) is 5.32 Å². The molecule has 0 spiro atoms. The third kappa shape index (κ3) is 2.09. The fraction of sp³-hybridized carbons (Fsp3) is 0.333. The van der Waals surface area contributed by atoms with Crippen molar-refractivity contribution in [2.75, 3.05) is 13.1 Å². The molecule has 0 saturated heterocycles. The van der Waals surface area contributed by atoms with Gasteiger partial charge in [0.2, 0.25) is 0 Å². The van der Waals surface area contributed by atoms with Crippen molar-refractivity contribution in [1.29, 1.82) is 0 Å². The fourth-order valence-corrected chi connectivity index (χ4v) is 3.72. The zero-order valence-electron chi connectivity index (χ0n) is 8.42. The molecular formula is C12H15NSe. The molecule has 14 heavy (non-hydrogen) atoms. The van der Waals surface area contributed by atoms with E-state index < -0.39 is 0 Å². The molecule has 0 aliphatic heterocycles. The van der Waals surface area contributed by atoms with E-state index in [4.69, 9.17) is 0 Å². The number of benzene rings is 1. The Bertz CT molecular complexity index is 405. The van der Waals surface area contributed by atoms with Crippen molar-refractivity contribution in [3.63, 3.8) is 0 Å². The molecule has 74 valence electrons. The summed E-state index contributed by atoms with van der Waals surface area (Å²) in [6, 6.07) is 8.79. The predicted molar refractivity (Wildman–Crippen MR) is 63.1 cm³/mol. The van der Waals surface area contributed by atoms with Gasteiger partial charge in [0.25, 0.3) is 0 Å². The average molecular weight is 252 g/mol. The van der Waals surface area contributed by atoms with Gasteiger partial charge in [0.05, 0.1) is 0 Å². The normalized spacial score (nSPS) is 10.9. The molecule has 1 aromatic carbocycles. The quantitative estimate of drug-likeness (QED) is 0.648. The van der Waals surface area contributed by atoms with Crippen LogP contribution in [-0.4, -0.2) is 27.6 Å². The van der Waals surface area contributed by atoms with Gasteiger partial charge < -0.3 is 0 Å². The van der Waals surface area contributed by atoms with E-state index in [1.165, 1.54) is 11.8 Å². The minimum absolute atomic E-state index is 0.581. The zero-order chi connectivity index (χ0) is 9.80. The first kappa shape index (κ1) is 9.97. The van der Waals surface area contributed by atoms with Gasteiger partial charge in [0.15, 0.2) is 0 Å². The van der Waals surface area contributed by atoms with E-state index in [1.807, 2.05) is 0 Å². The first-order valence-corrected chi connectivity index (χ1v) is 6.92. The monoisotopic (exact) mass is 253 g/mol. The summed E-state index contributed by atoms with van der Waals surface area (Å²) >= 11 is 0.581. The molecule has 1 heterocycles. The molecule has 0 aliphatic rings. The van der Waals surface area contributed by atoms with Gasteiger partial charge >= 0.3 is 90.7 Å². The summed E-state index contributed by atoms with van der Waals surface area (Å²) in [5, 5.41) is 4.86. The second kappa shape index (κ2) is 4.79. The summed E-state index contributed by atoms with van der Waals surface area (Å²) in [5.41, 5.74) is 1.54. The van der Waals surface area contributed by atoms with Gasteiger partial charge in [0, 0.05) is 0 Å². The van der Waals surface area contributed by atoms with Crippen LogP contribution in [0.25, 0.3) is 9.65 Å². The molecule has 0 bridgehead atoms. The summed E-state index contributed by atoms with van der Waals surface area (Å²) < 4.78 is 1.55. The van der Waals surface area contributed by atoms with Gasteiger partial charge in [-0.1, -0.05) is 0 Å². The van der Waals surface area contributed by atoms with Crippen LogP contribution in [0.15, 0.2) is 29.2 Å². The van der Waals surface area contributed by atoms with E-state index in [9.17, 15) is 0 Å². The summed E-state index contributed by atoms with van der Waals surface area (Å²) in [4.78, 5) is 2.43. The van der Waals surface area contributed by atoms with Gasteiger partial charge in [-0.15, -0.1) is 0 Å². The maximum atomic E-state index is 3.37. The predicted octanol–water partition coefficient (Wildman–Crippen LogP) is 2.05. The third-order valence-corrected chi connectivity index (χ3v) is 4.51. The molecule has 1 nitrogen and oxygen atoms in total. The Morgan fingerprint density at radius 1 is 1.29 bits per heavy atom. The first-order valence-electron chi connectivity index (χ1n) is 5.07. The number of hydrogen-bond donors (Lipinski definition) is 1. The van der Waals surface area contributed by atoms with Gasteiger partial charge in [0.1, 0.15) is 0 Å². The van der Waals surface area contributed by atoms with Crippen LogP contribution in [0, 0.1) is 0 Å². The molecule has 1 N–H and O–H groups in total. The molecule has 1 aromatic heterocycles. The Morgan fingerprint density at radius 2 is 2.14 bits per heavy atom. The van der Waals surface area contributed by atoms with Crippen LogP contribution in [0.4, 0.5) is 0 Å². The fourth-order valence-electron chi connectivity index (χ4n) is 1.63. The second-order valence-corrected chi connectivity index (χ2v) is 5.27. The number of rotatable bonds is 4. The van der Waals surface area contributed by atoms with E-state index in [0.29, 0.717) is 14.5 Å². The van der Waals surface area contributed by atoms with Gasteiger partial charge in [-0.05, 0) is 0 Å². The van der Waals surface area contributed by atoms with Gasteiger partial charge in [-0.25, -0.2) is 0 Å². The van der Waals surface area contributed by atoms with Crippen LogP contribution in [0.5, 0.6) is 0 Å². The van der Waals surface area contributed by atoms with Crippen molar-refractivity contribution >= 4 is 24.1 Å². The van der Waals surface area contributed by atoms with Crippen LogP contribution >= 0.6 is 0 Å². The third-order valence-electron chi connectivity index (χ3n) is 2.38. The van der Waals surface area contributed by atoms with Crippen LogP contribution in [0.3, 0.4) is 0 Å². The van der Waals surface area contributed by atoms with Crippen LogP contribution in [-0.2, 0) is 6.42 Å². The van der Waals surface area contributed by atoms with Crippen molar-refractivity contribution < 1.29 is 0 Å². The zero-order valence-corrected chi connectivity index (χ0v) is 10.1. The molecule has 2 aromatic rings. The summed E-state index contributed by atoms with van der Waals surface area (Å²) in [6.45, 7) is 4.33. The molecule has 0 radical (unpaired) electrons. The van der Waals surface area contributed by atoms with E-state index in [-0.39, 0.29) is 0 Å². The Balaban J connectivity index is 2.17. The molecular weight excluding hydrogens is 237 g/mol. The molecule has 0 saturated carbocycles. The molecule has 0 atom stereocenters. The van der Waals surface area contributed by atoms with E-state index in [0.717, 1.165) is 13.1 Å². The second-order valence-electron chi connectivity index (χ2n) is 3.36. The summed E-state index contributed by atoms with van der Waals surface area (Å²) in [6.07, 6.45) is 1.17. The first-order chi connectivity index (χ1) is 6.92. The Labute approximate surface area is 90.9 Å².